The van der Waals surface area contributed by atoms with E-state index in [2.05, 4.69) is 24.5 Å². The fourth-order valence-corrected chi connectivity index (χ4v) is 1.31. The molecule has 1 aliphatic rings. The van der Waals surface area contributed by atoms with Gasteiger partial charge >= 0.3 is 6.03 Å². The molecule has 1 saturated carbocycles. The van der Waals surface area contributed by atoms with Gasteiger partial charge in [0, 0.05) is 18.6 Å². The Morgan fingerprint density at radius 3 is 2.62 bits per heavy atom. The first kappa shape index (κ1) is 10.3. The van der Waals surface area contributed by atoms with E-state index >= 15 is 0 Å². The van der Waals surface area contributed by atoms with Crippen LogP contribution in [0, 0.1) is 5.92 Å². The molecule has 0 heterocycles. The van der Waals surface area contributed by atoms with Crippen LogP contribution in [0.5, 0.6) is 0 Å². The van der Waals surface area contributed by atoms with Crippen molar-refractivity contribution in [2.45, 2.75) is 38.8 Å². The van der Waals surface area contributed by atoms with Gasteiger partial charge in [0.15, 0.2) is 0 Å². The molecular weight excluding hydrogens is 166 g/mol. The second-order valence-electron chi connectivity index (χ2n) is 4.18. The maximum absolute atomic E-state index is 11.2. The Morgan fingerprint density at radius 1 is 1.54 bits per heavy atom. The van der Waals surface area contributed by atoms with Crippen LogP contribution in [0.15, 0.2) is 0 Å². The molecule has 0 saturated heterocycles. The van der Waals surface area contributed by atoms with Gasteiger partial charge in [0.2, 0.25) is 0 Å². The van der Waals surface area contributed by atoms with Crippen LogP contribution in [0.25, 0.3) is 0 Å². The van der Waals surface area contributed by atoms with Gasteiger partial charge in [-0.15, -0.1) is 0 Å². The Bertz CT molecular complexity index is 176. The molecule has 13 heavy (non-hydrogen) atoms. The summed E-state index contributed by atoms with van der Waals surface area (Å²) in [6, 6.07) is 0.517. The van der Waals surface area contributed by atoms with Crippen molar-refractivity contribution in [1.29, 1.82) is 0 Å². The normalized spacial score (nSPS) is 26.8. The Balaban J connectivity index is 2.05. The maximum Gasteiger partial charge on any atom is 0.315 e. The first-order valence-corrected chi connectivity index (χ1v) is 4.88. The number of carbonyl (C=O) groups is 1. The van der Waals surface area contributed by atoms with Crippen molar-refractivity contribution in [2.24, 2.45) is 11.7 Å². The zero-order chi connectivity index (χ0) is 9.84. The number of hydrogen-bond acceptors (Lipinski definition) is 2. The van der Waals surface area contributed by atoms with E-state index in [1.807, 2.05) is 0 Å². The summed E-state index contributed by atoms with van der Waals surface area (Å²) in [5.74, 6) is 0.495. The number of nitrogens with two attached hydrogens (primary N) is 1. The molecule has 0 radical (unpaired) electrons. The van der Waals surface area contributed by atoms with Crippen LogP contribution in [0.2, 0.25) is 0 Å². The number of amides is 2. The van der Waals surface area contributed by atoms with Crippen molar-refractivity contribution in [1.82, 2.24) is 10.6 Å². The molecule has 4 N–H and O–H groups in total. The number of nitrogens with one attached hydrogen (secondary N) is 2. The third kappa shape index (κ3) is 3.63. The van der Waals surface area contributed by atoms with Gasteiger partial charge in [-0.05, 0) is 18.8 Å². The summed E-state index contributed by atoms with van der Waals surface area (Å²) in [4.78, 5) is 11.2. The Morgan fingerprint density at radius 2 is 2.15 bits per heavy atom. The highest BCUT2D eigenvalue weighted by atomic mass is 16.2. The third-order valence-corrected chi connectivity index (χ3v) is 2.18. The number of hydrogen-bond donors (Lipinski definition) is 3. The summed E-state index contributed by atoms with van der Waals surface area (Å²) in [5, 5.41) is 5.68. The number of rotatable bonds is 3. The SMILES string of the molecule is CC(C)CNC(=O)N[C@H]1C[C@H](N)C1. The van der Waals surface area contributed by atoms with Gasteiger partial charge in [-0.25, -0.2) is 4.79 Å². The molecule has 4 heteroatoms. The molecule has 0 spiro atoms. The maximum atomic E-state index is 11.2. The largest absolute Gasteiger partial charge is 0.338 e. The molecule has 0 aromatic carbocycles. The van der Waals surface area contributed by atoms with Crippen molar-refractivity contribution in [3.63, 3.8) is 0 Å². The summed E-state index contributed by atoms with van der Waals surface area (Å²) in [7, 11) is 0. The molecule has 76 valence electrons. The molecule has 0 aromatic rings. The van der Waals surface area contributed by atoms with E-state index in [0.29, 0.717) is 12.0 Å². The molecule has 0 unspecified atom stereocenters. The molecule has 0 bridgehead atoms. The molecule has 2 amide bonds. The van der Waals surface area contributed by atoms with Gasteiger partial charge in [0.05, 0.1) is 0 Å². The standard InChI is InChI=1S/C9H19N3O/c1-6(2)5-11-9(13)12-8-3-7(10)4-8/h6-8H,3-5,10H2,1-2H3,(H2,11,12,13)/t7-,8-. The van der Waals surface area contributed by atoms with Crippen LogP contribution < -0.4 is 16.4 Å². The fraction of sp³-hybridized carbons (Fsp3) is 0.889. The average Bonchev–Trinajstić information content (AvgIpc) is 1.98. The van der Waals surface area contributed by atoms with E-state index in [0.717, 1.165) is 19.4 Å². The lowest BCUT2D eigenvalue weighted by Gasteiger charge is -2.32. The molecule has 1 rings (SSSR count). The molecule has 0 aromatic heterocycles. The van der Waals surface area contributed by atoms with E-state index < -0.39 is 0 Å². The topological polar surface area (TPSA) is 67.2 Å². The van der Waals surface area contributed by atoms with Crippen molar-refractivity contribution in [3.8, 4) is 0 Å². The van der Waals surface area contributed by atoms with Gasteiger partial charge in [-0.2, -0.15) is 0 Å². The van der Waals surface area contributed by atoms with Crippen molar-refractivity contribution < 1.29 is 4.79 Å². The van der Waals surface area contributed by atoms with Crippen LogP contribution in [0.3, 0.4) is 0 Å². The number of carbonyl (C=O) groups excluding carboxylic acids is 1. The highest BCUT2D eigenvalue weighted by Crippen LogP contribution is 2.16. The Labute approximate surface area is 79.3 Å². The Kier molecular flexibility index (Phi) is 3.54. The third-order valence-electron chi connectivity index (χ3n) is 2.18. The monoisotopic (exact) mass is 185 g/mol. The first-order valence-electron chi connectivity index (χ1n) is 4.88. The molecule has 0 aliphatic heterocycles. The van der Waals surface area contributed by atoms with Crippen molar-refractivity contribution >= 4 is 6.03 Å². The lowest BCUT2D eigenvalue weighted by Crippen LogP contribution is -2.53. The quantitative estimate of drug-likeness (QED) is 0.597. The zero-order valence-electron chi connectivity index (χ0n) is 8.34. The zero-order valence-corrected chi connectivity index (χ0v) is 8.34. The summed E-state index contributed by atoms with van der Waals surface area (Å²) in [6.45, 7) is 4.86. The van der Waals surface area contributed by atoms with E-state index in [1.54, 1.807) is 0 Å². The minimum Gasteiger partial charge on any atom is -0.338 e. The second-order valence-corrected chi connectivity index (χ2v) is 4.18. The second kappa shape index (κ2) is 4.46. The molecule has 0 atom stereocenters. The highest BCUT2D eigenvalue weighted by Gasteiger charge is 2.26. The van der Waals surface area contributed by atoms with E-state index in [-0.39, 0.29) is 12.1 Å². The fourth-order valence-electron chi connectivity index (χ4n) is 1.31. The summed E-state index contributed by atoms with van der Waals surface area (Å²) in [6.07, 6.45) is 1.82. The highest BCUT2D eigenvalue weighted by molar-refractivity contribution is 5.74. The van der Waals surface area contributed by atoms with Crippen LogP contribution in [0.1, 0.15) is 26.7 Å². The Hall–Kier alpha value is -0.770. The molecule has 4 nitrogen and oxygen atoms in total. The van der Waals surface area contributed by atoms with E-state index in [1.165, 1.54) is 0 Å². The number of urea groups is 1. The lowest BCUT2D eigenvalue weighted by molar-refractivity contribution is 0.222. The first-order chi connectivity index (χ1) is 6.08. The van der Waals surface area contributed by atoms with Crippen LogP contribution in [-0.2, 0) is 0 Å². The lowest BCUT2D eigenvalue weighted by atomic mass is 9.88. The van der Waals surface area contributed by atoms with Gasteiger partial charge < -0.3 is 16.4 Å². The molecular formula is C9H19N3O. The predicted molar refractivity (Wildman–Crippen MR) is 52.4 cm³/mol. The van der Waals surface area contributed by atoms with E-state index in [9.17, 15) is 4.79 Å². The smallest absolute Gasteiger partial charge is 0.315 e. The minimum absolute atomic E-state index is 0.0643. The average molecular weight is 185 g/mol. The summed E-state index contributed by atoms with van der Waals surface area (Å²) in [5.41, 5.74) is 5.60. The van der Waals surface area contributed by atoms with Crippen LogP contribution >= 0.6 is 0 Å². The predicted octanol–water partition coefficient (Wildman–Crippen LogP) is 0.431. The van der Waals surface area contributed by atoms with Crippen LogP contribution in [0.4, 0.5) is 4.79 Å². The summed E-state index contributed by atoms with van der Waals surface area (Å²) >= 11 is 0. The summed E-state index contributed by atoms with van der Waals surface area (Å²) < 4.78 is 0. The molecule has 1 aliphatic carbocycles. The van der Waals surface area contributed by atoms with Crippen molar-refractivity contribution in [2.75, 3.05) is 6.54 Å². The van der Waals surface area contributed by atoms with Gasteiger partial charge in [-0.1, -0.05) is 13.8 Å². The minimum atomic E-state index is -0.0643. The van der Waals surface area contributed by atoms with E-state index in [4.69, 9.17) is 5.73 Å². The van der Waals surface area contributed by atoms with Crippen molar-refractivity contribution in [3.05, 3.63) is 0 Å². The van der Waals surface area contributed by atoms with Gasteiger partial charge in [-0.3, -0.25) is 0 Å². The van der Waals surface area contributed by atoms with Gasteiger partial charge in [0.1, 0.15) is 0 Å². The molecule has 1 fully saturated rings. The van der Waals surface area contributed by atoms with Gasteiger partial charge in [0.25, 0.3) is 0 Å². The van der Waals surface area contributed by atoms with Crippen LogP contribution in [-0.4, -0.2) is 24.7 Å².